The van der Waals surface area contributed by atoms with Gasteiger partial charge in [0.25, 0.3) is 0 Å². The van der Waals surface area contributed by atoms with Crippen molar-refractivity contribution in [3.8, 4) is 6.07 Å². The summed E-state index contributed by atoms with van der Waals surface area (Å²) >= 11 is 0. The molecule has 1 N–H and O–H groups in total. The van der Waals surface area contributed by atoms with Gasteiger partial charge in [-0.1, -0.05) is 6.92 Å². The van der Waals surface area contributed by atoms with Gasteiger partial charge in [0.05, 0.1) is 6.07 Å². The lowest BCUT2D eigenvalue weighted by Gasteiger charge is -2.31. The van der Waals surface area contributed by atoms with Crippen molar-refractivity contribution in [3.05, 3.63) is 0 Å². The van der Waals surface area contributed by atoms with Crippen molar-refractivity contribution in [1.29, 1.82) is 5.26 Å². The fraction of sp³-hybridized carbons (Fsp3) is 0.929. The molecule has 0 aromatic rings. The number of hydrogen-bond donors (Lipinski definition) is 1. The highest BCUT2D eigenvalue weighted by Gasteiger charge is 2.44. The van der Waals surface area contributed by atoms with E-state index < -0.39 is 0 Å². The minimum atomic E-state index is -0.229. The SMILES string of the molecule is CCC(C)N(C)C1CCC(C#N)(NC2CC2)C1. The third-order valence-electron chi connectivity index (χ3n) is 4.62. The van der Waals surface area contributed by atoms with E-state index in [0.717, 1.165) is 19.3 Å². The molecule has 2 rings (SSSR count). The Morgan fingerprint density at radius 3 is 2.71 bits per heavy atom. The van der Waals surface area contributed by atoms with E-state index in [1.54, 1.807) is 0 Å². The first-order valence-electron chi connectivity index (χ1n) is 7.01. The second kappa shape index (κ2) is 4.96. The Morgan fingerprint density at radius 2 is 2.18 bits per heavy atom. The van der Waals surface area contributed by atoms with Gasteiger partial charge in [-0.15, -0.1) is 0 Å². The Bertz CT molecular complexity index is 305. The van der Waals surface area contributed by atoms with Crippen molar-refractivity contribution in [2.24, 2.45) is 0 Å². The smallest absolute Gasteiger partial charge is 0.108 e. The highest BCUT2D eigenvalue weighted by molar-refractivity contribution is 5.15. The topological polar surface area (TPSA) is 39.1 Å². The molecule has 3 heteroatoms. The summed E-state index contributed by atoms with van der Waals surface area (Å²) in [5.41, 5.74) is -0.229. The van der Waals surface area contributed by atoms with Crippen molar-refractivity contribution < 1.29 is 0 Å². The molecule has 0 bridgehead atoms. The molecule has 3 atom stereocenters. The summed E-state index contributed by atoms with van der Waals surface area (Å²) in [7, 11) is 2.21. The number of nitriles is 1. The highest BCUT2D eigenvalue weighted by atomic mass is 15.2. The molecule has 17 heavy (non-hydrogen) atoms. The third-order valence-corrected chi connectivity index (χ3v) is 4.62. The van der Waals surface area contributed by atoms with Gasteiger partial charge in [0.15, 0.2) is 0 Å². The van der Waals surface area contributed by atoms with Crippen LogP contribution in [0.3, 0.4) is 0 Å². The van der Waals surface area contributed by atoms with Crippen molar-refractivity contribution in [3.63, 3.8) is 0 Å². The first kappa shape index (κ1) is 12.9. The predicted octanol–water partition coefficient (Wildman–Crippen LogP) is 2.28. The van der Waals surface area contributed by atoms with Crippen molar-refractivity contribution in [2.45, 2.75) is 76.0 Å². The first-order chi connectivity index (χ1) is 8.10. The summed E-state index contributed by atoms with van der Waals surface area (Å²) in [6.45, 7) is 4.51. The third kappa shape index (κ3) is 2.81. The molecule has 3 unspecified atom stereocenters. The van der Waals surface area contributed by atoms with Crippen LogP contribution in [0.2, 0.25) is 0 Å². The fourth-order valence-electron chi connectivity index (χ4n) is 2.90. The maximum atomic E-state index is 9.46. The van der Waals surface area contributed by atoms with Gasteiger partial charge in [0.1, 0.15) is 5.54 Å². The number of hydrogen-bond acceptors (Lipinski definition) is 3. The van der Waals surface area contributed by atoms with Crippen LogP contribution in [0.1, 0.15) is 52.4 Å². The molecule has 2 saturated carbocycles. The van der Waals surface area contributed by atoms with Crippen molar-refractivity contribution >= 4 is 0 Å². The molecular formula is C14H25N3. The monoisotopic (exact) mass is 235 g/mol. The molecule has 0 radical (unpaired) electrons. The standard InChI is InChI=1S/C14H25N3/c1-4-11(2)17(3)13-7-8-14(9-13,10-15)16-12-5-6-12/h11-13,16H,4-9H2,1-3H3. The molecule has 0 aromatic heterocycles. The normalized spacial score (nSPS) is 34.9. The zero-order valence-corrected chi connectivity index (χ0v) is 11.4. The van der Waals surface area contributed by atoms with Crippen LogP contribution in [-0.4, -0.2) is 35.6 Å². The van der Waals surface area contributed by atoms with Gasteiger partial charge >= 0.3 is 0 Å². The minimum Gasteiger partial charge on any atom is -0.301 e. The highest BCUT2D eigenvalue weighted by Crippen LogP contribution is 2.36. The first-order valence-corrected chi connectivity index (χ1v) is 7.01. The van der Waals surface area contributed by atoms with Crippen LogP contribution in [0.4, 0.5) is 0 Å². The average Bonchev–Trinajstić information content (AvgIpc) is 3.05. The lowest BCUT2D eigenvalue weighted by atomic mass is 9.99. The van der Waals surface area contributed by atoms with Gasteiger partial charge in [0.2, 0.25) is 0 Å². The summed E-state index contributed by atoms with van der Waals surface area (Å²) in [5.74, 6) is 0. The summed E-state index contributed by atoms with van der Waals surface area (Å²) < 4.78 is 0. The van der Waals surface area contributed by atoms with Gasteiger partial charge in [-0.2, -0.15) is 5.26 Å². The maximum absolute atomic E-state index is 9.46. The maximum Gasteiger partial charge on any atom is 0.108 e. The Morgan fingerprint density at radius 1 is 1.47 bits per heavy atom. The van der Waals surface area contributed by atoms with Crippen LogP contribution in [0.25, 0.3) is 0 Å². The second-order valence-electron chi connectivity index (χ2n) is 5.93. The molecule has 0 spiro atoms. The molecule has 0 amide bonds. The Balaban J connectivity index is 1.94. The van der Waals surface area contributed by atoms with Gasteiger partial charge in [0, 0.05) is 18.1 Å². The molecule has 2 fully saturated rings. The molecular weight excluding hydrogens is 210 g/mol. The molecule has 96 valence electrons. The zero-order valence-electron chi connectivity index (χ0n) is 11.4. The van der Waals surface area contributed by atoms with Gasteiger partial charge < -0.3 is 4.90 Å². The number of nitrogens with zero attached hydrogens (tertiary/aromatic N) is 2. The van der Waals surface area contributed by atoms with Crippen LogP contribution >= 0.6 is 0 Å². The van der Waals surface area contributed by atoms with Crippen LogP contribution in [0.15, 0.2) is 0 Å². The van der Waals surface area contributed by atoms with Crippen LogP contribution in [-0.2, 0) is 0 Å². The summed E-state index contributed by atoms with van der Waals surface area (Å²) in [6, 6.07) is 4.38. The molecule has 2 aliphatic rings. The molecule has 2 aliphatic carbocycles. The van der Waals surface area contributed by atoms with Gasteiger partial charge in [-0.05, 0) is 52.5 Å². The van der Waals surface area contributed by atoms with Gasteiger partial charge in [-0.25, -0.2) is 0 Å². The quantitative estimate of drug-likeness (QED) is 0.794. The van der Waals surface area contributed by atoms with E-state index in [1.807, 2.05) is 0 Å². The lowest BCUT2D eigenvalue weighted by molar-refractivity contribution is 0.176. The molecule has 0 heterocycles. The molecule has 3 nitrogen and oxygen atoms in total. The summed E-state index contributed by atoms with van der Waals surface area (Å²) in [6.07, 6.45) is 6.88. The van der Waals surface area contributed by atoms with E-state index in [1.165, 1.54) is 19.3 Å². The van der Waals surface area contributed by atoms with Gasteiger partial charge in [-0.3, -0.25) is 5.32 Å². The fourth-order valence-corrected chi connectivity index (χ4v) is 2.90. The van der Waals surface area contributed by atoms with E-state index in [0.29, 0.717) is 18.1 Å². The summed E-state index contributed by atoms with van der Waals surface area (Å²) in [5, 5.41) is 13.0. The average molecular weight is 235 g/mol. The number of nitrogens with one attached hydrogen (secondary N) is 1. The van der Waals surface area contributed by atoms with E-state index >= 15 is 0 Å². The van der Waals surface area contributed by atoms with E-state index in [4.69, 9.17) is 0 Å². The minimum absolute atomic E-state index is 0.229. The van der Waals surface area contributed by atoms with E-state index in [2.05, 4.69) is 37.2 Å². The number of rotatable bonds is 5. The lowest BCUT2D eigenvalue weighted by Crippen LogP contribution is -2.45. The Kier molecular flexibility index (Phi) is 3.75. The van der Waals surface area contributed by atoms with Crippen LogP contribution in [0.5, 0.6) is 0 Å². The summed E-state index contributed by atoms with van der Waals surface area (Å²) in [4.78, 5) is 2.47. The molecule has 0 aromatic carbocycles. The van der Waals surface area contributed by atoms with E-state index in [-0.39, 0.29) is 5.54 Å². The van der Waals surface area contributed by atoms with Crippen molar-refractivity contribution in [1.82, 2.24) is 10.2 Å². The molecule has 0 aliphatic heterocycles. The largest absolute Gasteiger partial charge is 0.301 e. The van der Waals surface area contributed by atoms with Crippen LogP contribution in [0, 0.1) is 11.3 Å². The predicted molar refractivity (Wildman–Crippen MR) is 69.7 cm³/mol. The zero-order chi connectivity index (χ0) is 12.5. The Labute approximate surface area is 105 Å². The van der Waals surface area contributed by atoms with E-state index in [9.17, 15) is 5.26 Å². The molecule has 0 saturated heterocycles. The van der Waals surface area contributed by atoms with Crippen molar-refractivity contribution in [2.75, 3.05) is 7.05 Å². The van der Waals surface area contributed by atoms with Crippen LogP contribution < -0.4 is 5.32 Å². The second-order valence-corrected chi connectivity index (χ2v) is 5.93. The Hall–Kier alpha value is -0.590.